The summed E-state index contributed by atoms with van der Waals surface area (Å²) in [6.45, 7) is 10.5. The summed E-state index contributed by atoms with van der Waals surface area (Å²) in [7, 11) is 0. The van der Waals surface area contributed by atoms with Crippen LogP contribution in [-0.4, -0.2) is 23.4 Å². The number of hydrogen-bond donors (Lipinski definition) is 2. The van der Waals surface area contributed by atoms with E-state index in [-0.39, 0.29) is 23.7 Å². The summed E-state index contributed by atoms with van der Waals surface area (Å²) in [6, 6.07) is 8.91. The van der Waals surface area contributed by atoms with E-state index in [1.807, 2.05) is 26.0 Å². The Morgan fingerprint density at radius 1 is 1.20 bits per heavy atom. The van der Waals surface area contributed by atoms with Gasteiger partial charge in [0.1, 0.15) is 5.75 Å². The third-order valence-corrected chi connectivity index (χ3v) is 4.42. The Morgan fingerprint density at radius 2 is 1.80 bits per heavy atom. The summed E-state index contributed by atoms with van der Waals surface area (Å²) in [4.78, 5) is 0. The molecular formula is C17H27NO2. The van der Waals surface area contributed by atoms with Crippen LogP contribution in [0.25, 0.3) is 0 Å². The number of aliphatic hydroxyl groups is 1. The van der Waals surface area contributed by atoms with E-state index in [9.17, 15) is 5.11 Å². The van der Waals surface area contributed by atoms with Crippen LogP contribution in [0.2, 0.25) is 0 Å². The van der Waals surface area contributed by atoms with E-state index in [0.29, 0.717) is 6.04 Å². The van der Waals surface area contributed by atoms with Crippen molar-refractivity contribution in [3.63, 3.8) is 0 Å². The zero-order valence-electron chi connectivity index (χ0n) is 13.2. The van der Waals surface area contributed by atoms with E-state index in [1.165, 1.54) is 5.56 Å². The van der Waals surface area contributed by atoms with Gasteiger partial charge < -0.3 is 15.2 Å². The molecule has 0 radical (unpaired) electrons. The molecule has 3 heteroatoms. The first-order valence-corrected chi connectivity index (χ1v) is 7.51. The average Bonchev–Trinajstić information content (AvgIpc) is 2.38. The van der Waals surface area contributed by atoms with Crippen LogP contribution in [0.5, 0.6) is 5.75 Å². The Labute approximate surface area is 122 Å². The van der Waals surface area contributed by atoms with Crippen molar-refractivity contribution in [1.29, 1.82) is 0 Å². The van der Waals surface area contributed by atoms with Crippen molar-refractivity contribution < 1.29 is 9.84 Å². The summed E-state index contributed by atoms with van der Waals surface area (Å²) in [5.41, 5.74) is 1.22. The van der Waals surface area contributed by atoms with Gasteiger partial charge in [-0.3, -0.25) is 0 Å². The second-order valence-electron chi connectivity index (χ2n) is 6.75. The molecule has 1 aliphatic carbocycles. The Bertz CT molecular complexity index is 439. The standard InChI is InChI=1S/C17H27NO2/c1-11(2)20-14-8-6-13(7-9-14)12(3)18-15-10-16(19)17(15,4)5/h6-9,11-12,15-16,18-19H,10H2,1-5H3. The van der Waals surface area contributed by atoms with Crippen molar-refractivity contribution in [2.24, 2.45) is 5.41 Å². The first-order valence-electron chi connectivity index (χ1n) is 7.51. The van der Waals surface area contributed by atoms with Crippen LogP contribution in [0.15, 0.2) is 24.3 Å². The van der Waals surface area contributed by atoms with Crippen molar-refractivity contribution in [2.45, 2.75) is 65.3 Å². The smallest absolute Gasteiger partial charge is 0.119 e. The number of nitrogens with one attached hydrogen (secondary N) is 1. The van der Waals surface area contributed by atoms with Gasteiger partial charge in [-0.05, 0) is 44.9 Å². The fourth-order valence-corrected chi connectivity index (χ4v) is 2.69. The maximum atomic E-state index is 9.79. The van der Waals surface area contributed by atoms with E-state index in [2.05, 4.69) is 38.2 Å². The maximum absolute atomic E-state index is 9.79. The van der Waals surface area contributed by atoms with Crippen LogP contribution in [0, 0.1) is 5.41 Å². The fraction of sp³-hybridized carbons (Fsp3) is 0.647. The predicted molar refractivity (Wildman–Crippen MR) is 81.9 cm³/mol. The van der Waals surface area contributed by atoms with Gasteiger partial charge in [0.25, 0.3) is 0 Å². The lowest BCUT2D eigenvalue weighted by molar-refractivity contribution is -0.0754. The molecule has 2 rings (SSSR count). The monoisotopic (exact) mass is 277 g/mol. The summed E-state index contributed by atoms with van der Waals surface area (Å²) >= 11 is 0. The lowest BCUT2D eigenvalue weighted by Gasteiger charge is -2.50. The molecule has 0 saturated heterocycles. The number of rotatable bonds is 5. The molecule has 20 heavy (non-hydrogen) atoms. The molecule has 2 N–H and O–H groups in total. The van der Waals surface area contributed by atoms with E-state index < -0.39 is 0 Å². The van der Waals surface area contributed by atoms with Gasteiger partial charge in [0.05, 0.1) is 12.2 Å². The molecular weight excluding hydrogens is 250 g/mol. The molecule has 3 unspecified atom stereocenters. The first kappa shape index (κ1) is 15.3. The predicted octanol–water partition coefficient (Wildman–Crippen LogP) is 3.28. The Hall–Kier alpha value is -1.06. The van der Waals surface area contributed by atoms with Gasteiger partial charge in [0, 0.05) is 17.5 Å². The third kappa shape index (κ3) is 3.15. The zero-order chi connectivity index (χ0) is 14.9. The Kier molecular flexibility index (Phi) is 4.40. The lowest BCUT2D eigenvalue weighted by atomic mass is 9.64. The van der Waals surface area contributed by atoms with Crippen LogP contribution in [-0.2, 0) is 0 Å². The third-order valence-electron chi connectivity index (χ3n) is 4.42. The molecule has 1 saturated carbocycles. The van der Waals surface area contributed by atoms with Crippen LogP contribution < -0.4 is 10.1 Å². The highest BCUT2D eigenvalue weighted by Gasteiger charge is 2.47. The van der Waals surface area contributed by atoms with Gasteiger partial charge in [-0.1, -0.05) is 26.0 Å². The number of hydrogen-bond acceptors (Lipinski definition) is 3. The molecule has 3 nitrogen and oxygen atoms in total. The zero-order valence-corrected chi connectivity index (χ0v) is 13.2. The molecule has 0 heterocycles. The van der Waals surface area contributed by atoms with Crippen molar-refractivity contribution in [3.8, 4) is 5.75 Å². The molecule has 0 aliphatic heterocycles. The average molecular weight is 277 g/mol. The molecule has 3 atom stereocenters. The van der Waals surface area contributed by atoms with Crippen molar-refractivity contribution >= 4 is 0 Å². The molecule has 1 fully saturated rings. The molecule has 0 spiro atoms. The van der Waals surface area contributed by atoms with Crippen LogP contribution in [0.1, 0.15) is 52.6 Å². The second kappa shape index (κ2) is 5.74. The van der Waals surface area contributed by atoms with Gasteiger partial charge in [0.15, 0.2) is 0 Å². The van der Waals surface area contributed by atoms with Crippen LogP contribution >= 0.6 is 0 Å². The Balaban J connectivity index is 1.94. The topological polar surface area (TPSA) is 41.5 Å². The van der Waals surface area contributed by atoms with E-state index >= 15 is 0 Å². The van der Waals surface area contributed by atoms with Crippen molar-refractivity contribution in [3.05, 3.63) is 29.8 Å². The summed E-state index contributed by atoms with van der Waals surface area (Å²) in [5.74, 6) is 0.912. The minimum absolute atomic E-state index is 0.0328. The highest BCUT2D eigenvalue weighted by atomic mass is 16.5. The van der Waals surface area contributed by atoms with Gasteiger partial charge in [-0.15, -0.1) is 0 Å². The largest absolute Gasteiger partial charge is 0.491 e. The van der Waals surface area contributed by atoms with Gasteiger partial charge in [-0.25, -0.2) is 0 Å². The van der Waals surface area contributed by atoms with Gasteiger partial charge >= 0.3 is 0 Å². The molecule has 1 aromatic carbocycles. The highest BCUT2D eigenvalue weighted by Crippen LogP contribution is 2.41. The van der Waals surface area contributed by atoms with E-state index in [1.54, 1.807) is 0 Å². The number of ether oxygens (including phenoxy) is 1. The number of aliphatic hydroxyl groups excluding tert-OH is 1. The second-order valence-corrected chi connectivity index (χ2v) is 6.75. The van der Waals surface area contributed by atoms with E-state index in [4.69, 9.17) is 4.74 Å². The SMILES string of the molecule is CC(C)Oc1ccc(C(C)NC2CC(O)C2(C)C)cc1. The fourth-order valence-electron chi connectivity index (χ4n) is 2.69. The van der Waals surface area contributed by atoms with Crippen LogP contribution in [0.3, 0.4) is 0 Å². The quantitative estimate of drug-likeness (QED) is 0.868. The minimum Gasteiger partial charge on any atom is -0.491 e. The lowest BCUT2D eigenvalue weighted by Crippen LogP contribution is -2.60. The molecule has 0 amide bonds. The number of benzene rings is 1. The summed E-state index contributed by atoms with van der Waals surface area (Å²) in [5, 5.41) is 13.4. The highest BCUT2D eigenvalue weighted by molar-refractivity contribution is 5.29. The minimum atomic E-state index is -0.186. The molecule has 0 aromatic heterocycles. The van der Waals surface area contributed by atoms with E-state index in [0.717, 1.165) is 12.2 Å². The normalized spacial score (nSPS) is 26.1. The Morgan fingerprint density at radius 3 is 2.25 bits per heavy atom. The maximum Gasteiger partial charge on any atom is 0.119 e. The summed E-state index contributed by atoms with van der Waals surface area (Å²) in [6.07, 6.45) is 0.856. The molecule has 0 bridgehead atoms. The first-order chi connectivity index (χ1) is 9.30. The van der Waals surface area contributed by atoms with Gasteiger partial charge in [-0.2, -0.15) is 0 Å². The van der Waals surface area contributed by atoms with Crippen LogP contribution in [0.4, 0.5) is 0 Å². The van der Waals surface area contributed by atoms with Crippen molar-refractivity contribution in [2.75, 3.05) is 0 Å². The summed E-state index contributed by atoms with van der Waals surface area (Å²) < 4.78 is 5.66. The molecule has 1 aliphatic rings. The molecule has 112 valence electrons. The molecule has 1 aromatic rings. The van der Waals surface area contributed by atoms with Gasteiger partial charge in [0.2, 0.25) is 0 Å². The van der Waals surface area contributed by atoms with Crippen molar-refractivity contribution in [1.82, 2.24) is 5.32 Å².